The molecule has 0 saturated carbocycles. The summed E-state index contributed by atoms with van der Waals surface area (Å²) in [5.41, 5.74) is 9.10. The number of thiazole rings is 1. The van der Waals surface area contributed by atoms with E-state index in [1.807, 2.05) is 0 Å². The summed E-state index contributed by atoms with van der Waals surface area (Å²) in [6.07, 6.45) is 7.12. The van der Waals surface area contributed by atoms with E-state index < -0.39 is 19.9 Å². The molecule has 2 atom stereocenters. The minimum atomic E-state index is -1.25. The van der Waals surface area contributed by atoms with E-state index in [9.17, 15) is 9.59 Å². The molecule has 2 saturated heterocycles. The van der Waals surface area contributed by atoms with Gasteiger partial charge in [0.05, 0.1) is 50.3 Å². The van der Waals surface area contributed by atoms with Crippen LogP contribution in [0.3, 0.4) is 0 Å². The summed E-state index contributed by atoms with van der Waals surface area (Å²) in [6, 6.07) is 7.18. The van der Waals surface area contributed by atoms with Crippen molar-refractivity contribution in [3.05, 3.63) is 41.2 Å². The molecule has 4 aromatic rings. The predicted octanol–water partition coefficient (Wildman–Crippen LogP) is 5.68. The second-order valence-corrected chi connectivity index (χ2v) is 21.0. The molecule has 3 aromatic heterocycles. The van der Waals surface area contributed by atoms with E-state index in [1.54, 1.807) is 27.1 Å². The van der Waals surface area contributed by atoms with Gasteiger partial charge in [-0.05, 0) is 75.5 Å². The van der Waals surface area contributed by atoms with Gasteiger partial charge in [-0.1, -0.05) is 32.6 Å². The van der Waals surface area contributed by atoms with E-state index in [0.717, 1.165) is 55.9 Å². The number of carbonyl (C=O) groups is 2. The van der Waals surface area contributed by atoms with Crippen molar-refractivity contribution in [3.63, 3.8) is 0 Å². The lowest BCUT2D eigenvalue weighted by Gasteiger charge is -2.38. The Morgan fingerprint density at radius 2 is 1.91 bits per heavy atom. The highest BCUT2D eigenvalue weighted by atomic mass is 32.1. The third kappa shape index (κ3) is 7.12. The number of nitrogens with one attached hydrogen (secondary N) is 1. The molecule has 2 fully saturated rings. The van der Waals surface area contributed by atoms with Gasteiger partial charge in [-0.15, -0.1) is 11.3 Å². The van der Waals surface area contributed by atoms with Gasteiger partial charge >= 0.3 is 11.8 Å². The summed E-state index contributed by atoms with van der Waals surface area (Å²) in [5, 5.41) is 9.08. The maximum absolute atomic E-state index is 13.9. The van der Waals surface area contributed by atoms with Crippen molar-refractivity contribution in [2.75, 3.05) is 44.3 Å². The summed E-state index contributed by atoms with van der Waals surface area (Å²) in [7, 11) is 0.925. The van der Waals surface area contributed by atoms with E-state index >= 15 is 0 Å². The fraction of sp³-hybridized carbons (Fsp3) is 0.545. The van der Waals surface area contributed by atoms with Gasteiger partial charge in [0.2, 0.25) is 0 Å². The molecule has 13 heteroatoms. The third-order valence-corrected chi connectivity index (χ3v) is 12.2. The quantitative estimate of drug-likeness (QED) is 0.140. The average Bonchev–Trinajstić information content (AvgIpc) is 3.65. The number of likely N-dealkylation sites (tertiary alicyclic amines) is 2. The number of anilines is 2. The molecule has 6 rings (SSSR count). The molecular formula is C33H46N8O3SSi. The van der Waals surface area contributed by atoms with Crippen LogP contribution >= 0.6 is 11.3 Å². The second kappa shape index (κ2) is 13.4. The number of benzene rings is 1. The van der Waals surface area contributed by atoms with Gasteiger partial charge in [0.15, 0.2) is 0 Å². The van der Waals surface area contributed by atoms with E-state index in [1.165, 1.54) is 15.9 Å². The number of ether oxygens (including phenoxy) is 1. The second-order valence-electron chi connectivity index (χ2n) is 14.3. The van der Waals surface area contributed by atoms with Gasteiger partial charge in [0, 0.05) is 27.1 Å². The minimum Gasteiger partial charge on any atom is -0.383 e. The number of nitrogens with two attached hydrogens (primary N) is 1. The van der Waals surface area contributed by atoms with Crippen LogP contribution < -0.4 is 11.1 Å². The molecule has 2 aliphatic heterocycles. The lowest BCUT2D eigenvalue weighted by molar-refractivity contribution is -0.146. The lowest BCUT2D eigenvalue weighted by atomic mass is 9.89. The van der Waals surface area contributed by atoms with Gasteiger partial charge in [-0.2, -0.15) is 5.10 Å². The maximum Gasteiger partial charge on any atom is 0.314 e. The molecule has 2 aliphatic rings. The van der Waals surface area contributed by atoms with Crippen LogP contribution in [0.2, 0.25) is 25.7 Å². The van der Waals surface area contributed by atoms with Gasteiger partial charge in [0.25, 0.3) is 0 Å². The van der Waals surface area contributed by atoms with Crippen LogP contribution in [-0.4, -0.2) is 82.7 Å². The van der Waals surface area contributed by atoms with Crippen LogP contribution in [-0.2, 0) is 21.1 Å². The number of nitrogens with zero attached hydrogens (tertiary/aromatic N) is 6. The number of aromatic nitrogens is 4. The topological polar surface area (TPSA) is 132 Å². The Morgan fingerprint density at radius 3 is 2.67 bits per heavy atom. The highest BCUT2D eigenvalue weighted by Crippen LogP contribution is 2.38. The van der Waals surface area contributed by atoms with Crippen molar-refractivity contribution in [1.82, 2.24) is 29.5 Å². The molecule has 0 bridgehead atoms. The SMILES string of the molecule is C[C@H]1CC[C@H](c2ccc3sc(C4CCN(C)CC4)nc3c2)N(C(=O)C(=O)Nc2cnc(N)c3cnn(COCC[Si](C)(C)C)c23)C1. The van der Waals surface area contributed by atoms with Crippen molar-refractivity contribution in [3.8, 4) is 0 Å². The number of fused-ring (bicyclic) bond motifs is 2. The number of nitrogen functional groups attached to an aromatic ring is 1. The molecule has 0 unspecified atom stereocenters. The van der Waals surface area contributed by atoms with Gasteiger partial charge in [0.1, 0.15) is 12.5 Å². The highest BCUT2D eigenvalue weighted by Gasteiger charge is 2.35. The van der Waals surface area contributed by atoms with Crippen molar-refractivity contribution < 1.29 is 14.3 Å². The first kappa shape index (κ1) is 32.5. The van der Waals surface area contributed by atoms with Crippen LogP contribution in [0.15, 0.2) is 30.6 Å². The summed E-state index contributed by atoms with van der Waals surface area (Å²) < 4.78 is 8.75. The summed E-state index contributed by atoms with van der Waals surface area (Å²) in [4.78, 5) is 40.9. The standard InChI is InChI=1S/C33H46N8O3SSi/c1-21-6-8-27(23-7-9-28-25(16-23)38-32(45-28)22-10-12-39(2)13-11-22)40(19-21)33(43)31(42)37-26-18-35-30(34)24-17-36-41(29(24)26)20-44-14-15-46(3,4)5/h7,9,16-18,21-22,27H,6,8,10-15,19-20H2,1-5H3,(H2,34,35)(H,37,42)/t21-,27+/m0/s1. The number of amides is 2. The fourth-order valence-corrected chi connectivity index (χ4v) is 8.34. The fourth-order valence-electron chi connectivity index (χ4n) is 6.47. The molecule has 0 aliphatic carbocycles. The van der Waals surface area contributed by atoms with Gasteiger partial charge < -0.3 is 25.6 Å². The zero-order chi connectivity index (χ0) is 32.6. The van der Waals surface area contributed by atoms with Crippen LogP contribution in [0.1, 0.15) is 55.1 Å². The number of piperidine rings is 2. The number of pyridine rings is 1. The first-order valence-corrected chi connectivity index (χ1v) is 20.9. The smallest absolute Gasteiger partial charge is 0.314 e. The maximum atomic E-state index is 13.9. The molecule has 2 amide bonds. The van der Waals surface area contributed by atoms with Crippen LogP contribution in [0.25, 0.3) is 21.1 Å². The van der Waals surface area contributed by atoms with E-state index in [0.29, 0.717) is 41.5 Å². The summed E-state index contributed by atoms with van der Waals surface area (Å²) in [5.74, 6) is -0.194. The van der Waals surface area contributed by atoms with Crippen LogP contribution in [0.4, 0.5) is 11.5 Å². The minimum absolute atomic E-state index is 0.206. The third-order valence-electron chi connectivity index (χ3n) is 9.31. The van der Waals surface area contributed by atoms with E-state index in [-0.39, 0.29) is 18.7 Å². The number of rotatable bonds is 8. The molecule has 3 N–H and O–H groups in total. The van der Waals surface area contributed by atoms with Gasteiger partial charge in [-0.25, -0.2) is 14.6 Å². The predicted molar refractivity (Wildman–Crippen MR) is 187 cm³/mol. The Labute approximate surface area is 275 Å². The monoisotopic (exact) mass is 662 g/mol. The summed E-state index contributed by atoms with van der Waals surface area (Å²) >= 11 is 1.78. The number of hydrogen-bond acceptors (Lipinski definition) is 9. The first-order valence-electron chi connectivity index (χ1n) is 16.4. The zero-order valence-electron chi connectivity index (χ0n) is 27.6. The number of carbonyl (C=O) groups excluding carboxylic acids is 2. The Balaban J connectivity index is 1.20. The highest BCUT2D eigenvalue weighted by molar-refractivity contribution is 7.18. The molecule has 0 radical (unpaired) electrons. The Hall–Kier alpha value is -3.39. The molecular weight excluding hydrogens is 617 g/mol. The molecule has 0 spiro atoms. The molecule has 11 nitrogen and oxygen atoms in total. The van der Waals surface area contributed by atoms with Crippen LogP contribution in [0, 0.1) is 5.92 Å². The van der Waals surface area contributed by atoms with E-state index in [2.05, 4.69) is 72.1 Å². The van der Waals surface area contributed by atoms with Crippen molar-refractivity contribution >= 4 is 63.8 Å². The zero-order valence-corrected chi connectivity index (χ0v) is 29.4. The lowest BCUT2D eigenvalue weighted by Crippen LogP contribution is -2.46. The van der Waals surface area contributed by atoms with Crippen molar-refractivity contribution in [2.24, 2.45) is 5.92 Å². The Kier molecular flexibility index (Phi) is 9.47. The van der Waals surface area contributed by atoms with Crippen molar-refractivity contribution in [1.29, 1.82) is 0 Å². The van der Waals surface area contributed by atoms with Gasteiger partial charge in [-0.3, -0.25) is 9.59 Å². The first-order chi connectivity index (χ1) is 22.0. The average molecular weight is 663 g/mol. The van der Waals surface area contributed by atoms with E-state index in [4.69, 9.17) is 15.5 Å². The largest absolute Gasteiger partial charge is 0.383 e. The Morgan fingerprint density at radius 1 is 1.13 bits per heavy atom. The molecule has 1 aromatic carbocycles. The number of hydrogen-bond donors (Lipinski definition) is 2. The van der Waals surface area contributed by atoms with Crippen LogP contribution in [0.5, 0.6) is 0 Å². The Bertz CT molecular complexity index is 1730. The molecule has 246 valence electrons. The normalized spacial score (nSPS) is 20.1. The molecule has 5 heterocycles. The van der Waals surface area contributed by atoms with Crippen molar-refractivity contribution in [2.45, 2.75) is 77.0 Å². The molecule has 46 heavy (non-hydrogen) atoms. The summed E-state index contributed by atoms with van der Waals surface area (Å²) in [6.45, 7) is 12.6.